The van der Waals surface area contributed by atoms with Gasteiger partial charge in [-0.15, -0.1) is 0 Å². The Kier molecular flexibility index (Phi) is 2.55. The molecule has 80 valence electrons. The van der Waals surface area contributed by atoms with E-state index in [1.807, 2.05) is 10.7 Å². The van der Waals surface area contributed by atoms with E-state index in [9.17, 15) is 4.79 Å². The highest BCUT2D eigenvalue weighted by Crippen LogP contribution is 2.15. The molecule has 0 atom stereocenters. The van der Waals surface area contributed by atoms with Gasteiger partial charge in [-0.25, -0.2) is 0 Å². The third kappa shape index (κ3) is 2.07. The summed E-state index contributed by atoms with van der Waals surface area (Å²) in [5, 5.41) is 6.94. The molecule has 2 heterocycles. The van der Waals surface area contributed by atoms with Gasteiger partial charge < -0.3 is 5.32 Å². The van der Waals surface area contributed by atoms with Crippen LogP contribution in [0, 0.1) is 0 Å². The van der Waals surface area contributed by atoms with E-state index in [-0.39, 0.29) is 5.91 Å². The standard InChI is InChI=1S/C10H14N4O/c1-3-10(15)11-9-6-8-7-13(2)4-5-14(8)12-9/h3,6H,1,4-5,7H2,2H3,(H,11,12,15). The number of carbonyl (C=O) groups excluding carboxylic acids is 1. The Morgan fingerprint density at radius 1 is 1.67 bits per heavy atom. The molecule has 0 unspecified atom stereocenters. The zero-order chi connectivity index (χ0) is 10.8. The van der Waals surface area contributed by atoms with Crippen LogP contribution in [0.2, 0.25) is 0 Å². The van der Waals surface area contributed by atoms with E-state index in [0.717, 1.165) is 25.3 Å². The Morgan fingerprint density at radius 2 is 2.47 bits per heavy atom. The number of rotatable bonds is 2. The quantitative estimate of drug-likeness (QED) is 0.715. The maximum Gasteiger partial charge on any atom is 0.248 e. The highest BCUT2D eigenvalue weighted by molar-refractivity contribution is 5.98. The molecule has 0 saturated carbocycles. The lowest BCUT2D eigenvalue weighted by atomic mass is 10.3. The van der Waals surface area contributed by atoms with Crippen molar-refractivity contribution in [2.24, 2.45) is 0 Å². The Morgan fingerprint density at radius 3 is 3.20 bits per heavy atom. The summed E-state index contributed by atoms with van der Waals surface area (Å²) in [5.74, 6) is 0.379. The zero-order valence-electron chi connectivity index (χ0n) is 8.73. The molecule has 0 aromatic carbocycles. The Labute approximate surface area is 88.4 Å². The van der Waals surface area contributed by atoms with E-state index in [2.05, 4.69) is 28.9 Å². The average Bonchev–Trinajstić information content (AvgIpc) is 2.59. The van der Waals surface area contributed by atoms with Crippen LogP contribution in [0.1, 0.15) is 5.69 Å². The minimum atomic E-state index is -0.223. The van der Waals surface area contributed by atoms with Crippen LogP contribution >= 0.6 is 0 Å². The van der Waals surface area contributed by atoms with Crippen LogP contribution in [0.5, 0.6) is 0 Å². The van der Waals surface area contributed by atoms with Gasteiger partial charge in [0.2, 0.25) is 5.91 Å². The summed E-state index contributed by atoms with van der Waals surface area (Å²) in [6, 6.07) is 1.90. The van der Waals surface area contributed by atoms with Gasteiger partial charge in [-0.3, -0.25) is 14.4 Å². The van der Waals surface area contributed by atoms with E-state index in [1.54, 1.807) is 0 Å². The number of fused-ring (bicyclic) bond motifs is 1. The summed E-state index contributed by atoms with van der Waals surface area (Å²) < 4.78 is 1.93. The fourth-order valence-electron chi connectivity index (χ4n) is 1.64. The van der Waals surface area contributed by atoms with Gasteiger partial charge in [-0.2, -0.15) is 5.10 Å². The molecule has 2 rings (SSSR count). The van der Waals surface area contributed by atoms with Gasteiger partial charge in [0.15, 0.2) is 5.82 Å². The fraction of sp³-hybridized carbons (Fsp3) is 0.400. The molecule has 0 saturated heterocycles. The van der Waals surface area contributed by atoms with E-state index >= 15 is 0 Å². The third-order valence-electron chi connectivity index (χ3n) is 2.43. The largest absolute Gasteiger partial charge is 0.306 e. The molecule has 1 aliphatic rings. The van der Waals surface area contributed by atoms with Crippen molar-refractivity contribution < 1.29 is 4.79 Å². The molecule has 5 nitrogen and oxygen atoms in total. The maximum atomic E-state index is 11.1. The number of nitrogens with one attached hydrogen (secondary N) is 1. The van der Waals surface area contributed by atoms with Gasteiger partial charge in [0, 0.05) is 19.2 Å². The highest BCUT2D eigenvalue weighted by Gasteiger charge is 2.15. The predicted molar refractivity (Wildman–Crippen MR) is 57.4 cm³/mol. The SMILES string of the molecule is C=CC(=O)Nc1cc2n(n1)CCN(C)C2. The van der Waals surface area contributed by atoms with E-state index in [4.69, 9.17) is 0 Å². The van der Waals surface area contributed by atoms with Gasteiger partial charge in [-0.05, 0) is 13.1 Å². The smallest absolute Gasteiger partial charge is 0.248 e. The summed E-state index contributed by atoms with van der Waals surface area (Å²) >= 11 is 0. The number of carbonyl (C=O) groups is 1. The molecule has 0 spiro atoms. The summed E-state index contributed by atoms with van der Waals surface area (Å²) in [6.45, 7) is 6.13. The van der Waals surface area contributed by atoms with Gasteiger partial charge in [-0.1, -0.05) is 6.58 Å². The first-order valence-electron chi connectivity index (χ1n) is 4.88. The minimum absolute atomic E-state index is 0.223. The van der Waals surface area contributed by atoms with Crippen LogP contribution in [0.3, 0.4) is 0 Å². The van der Waals surface area contributed by atoms with Crippen molar-refractivity contribution in [1.82, 2.24) is 14.7 Å². The molecule has 1 aromatic rings. The van der Waals surface area contributed by atoms with Gasteiger partial charge in [0.05, 0.1) is 12.2 Å². The summed E-state index contributed by atoms with van der Waals surface area (Å²) in [5.41, 5.74) is 1.13. The van der Waals surface area contributed by atoms with Crippen molar-refractivity contribution in [1.29, 1.82) is 0 Å². The number of hydrogen-bond donors (Lipinski definition) is 1. The first-order valence-corrected chi connectivity index (χ1v) is 4.88. The average molecular weight is 206 g/mol. The number of likely N-dealkylation sites (N-methyl/N-ethyl adjacent to an activating group) is 1. The zero-order valence-corrected chi connectivity index (χ0v) is 8.73. The topological polar surface area (TPSA) is 50.2 Å². The Hall–Kier alpha value is -1.62. The number of hydrogen-bond acceptors (Lipinski definition) is 3. The summed E-state index contributed by atoms with van der Waals surface area (Å²) in [4.78, 5) is 13.3. The van der Waals surface area contributed by atoms with Crippen molar-refractivity contribution in [2.45, 2.75) is 13.1 Å². The minimum Gasteiger partial charge on any atom is -0.306 e. The number of aromatic nitrogens is 2. The lowest BCUT2D eigenvalue weighted by molar-refractivity contribution is -0.111. The van der Waals surface area contributed by atoms with Crippen LogP contribution in [-0.2, 0) is 17.9 Å². The fourth-order valence-corrected chi connectivity index (χ4v) is 1.64. The molecular formula is C10H14N4O. The van der Waals surface area contributed by atoms with Crippen LogP contribution in [0.25, 0.3) is 0 Å². The summed E-state index contributed by atoms with van der Waals surface area (Å²) in [7, 11) is 2.07. The second-order valence-electron chi connectivity index (χ2n) is 3.68. The highest BCUT2D eigenvalue weighted by atomic mass is 16.1. The number of anilines is 1. The molecule has 0 fully saturated rings. The monoisotopic (exact) mass is 206 g/mol. The van der Waals surface area contributed by atoms with Gasteiger partial charge in [0.1, 0.15) is 0 Å². The maximum absolute atomic E-state index is 11.1. The van der Waals surface area contributed by atoms with E-state index < -0.39 is 0 Å². The molecule has 1 N–H and O–H groups in total. The predicted octanol–water partition coefficient (Wildman–Crippen LogP) is 0.453. The molecule has 5 heteroatoms. The molecule has 0 radical (unpaired) electrons. The molecule has 1 aromatic heterocycles. The van der Waals surface area contributed by atoms with Crippen LogP contribution in [0.15, 0.2) is 18.7 Å². The second kappa shape index (κ2) is 3.86. The first kappa shape index (κ1) is 9.92. The molecular weight excluding hydrogens is 192 g/mol. The van der Waals surface area contributed by atoms with E-state index in [0.29, 0.717) is 5.82 Å². The number of nitrogens with zero attached hydrogens (tertiary/aromatic N) is 3. The third-order valence-corrected chi connectivity index (χ3v) is 2.43. The van der Waals surface area contributed by atoms with Crippen molar-refractivity contribution in [3.05, 3.63) is 24.4 Å². The second-order valence-corrected chi connectivity index (χ2v) is 3.68. The van der Waals surface area contributed by atoms with Crippen LogP contribution in [-0.4, -0.2) is 34.2 Å². The molecule has 1 amide bonds. The molecule has 1 aliphatic heterocycles. The molecule has 15 heavy (non-hydrogen) atoms. The van der Waals surface area contributed by atoms with Crippen molar-refractivity contribution in [3.8, 4) is 0 Å². The van der Waals surface area contributed by atoms with Crippen molar-refractivity contribution in [2.75, 3.05) is 18.9 Å². The lowest BCUT2D eigenvalue weighted by Gasteiger charge is -2.22. The Balaban J connectivity index is 2.15. The lowest BCUT2D eigenvalue weighted by Crippen LogP contribution is -2.30. The normalized spacial score (nSPS) is 15.8. The van der Waals surface area contributed by atoms with Gasteiger partial charge >= 0.3 is 0 Å². The van der Waals surface area contributed by atoms with Gasteiger partial charge in [0.25, 0.3) is 0 Å². The molecule has 0 bridgehead atoms. The van der Waals surface area contributed by atoms with Crippen molar-refractivity contribution >= 4 is 11.7 Å². The summed E-state index contributed by atoms with van der Waals surface area (Å²) in [6.07, 6.45) is 1.24. The van der Waals surface area contributed by atoms with Crippen molar-refractivity contribution in [3.63, 3.8) is 0 Å². The first-order chi connectivity index (χ1) is 7.19. The number of amides is 1. The molecule has 0 aliphatic carbocycles. The van der Waals surface area contributed by atoms with E-state index in [1.165, 1.54) is 6.08 Å². The van der Waals surface area contributed by atoms with Crippen LogP contribution in [0.4, 0.5) is 5.82 Å². The Bertz CT molecular complexity index is 396. The van der Waals surface area contributed by atoms with Crippen LogP contribution < -0.4 is 5.32 Å².